The van der Waals surface area contributed by atoms with E-state index in [9.17, 15) is 0 Å². The van der Waals surface area contributed by atoms with E-state index in [-0.39, 0.29) is 15.0 Å². The zero-order valence-electron chi connectivity index (χ0n) is 5.04. The van der Waals surface area contributed by atoms with Crippen molar-refractivity contribution in [3.63, 3.8) is 0 Å². The molecule has 0 saturated carbocycles. The van der Waals surface area contributed by atoms with Crippen LogP contribution in [0.25, 0.3) is 0 Å². The SMILES string of the molecule is N#C[Se]c1ccccc1I. The fraction of sp³-hybridized carbons (Fsp3) is 0. The van der Waals surface area contributed by atoms with Crippen LogP contribution in [0.15, 0.2) is 24.3 Å². The predicted molar refractivity (Wildman–Crippen MR) is 50.2 cm³/mol. The molecular weight excluding hydrogens is 304 g/mol. The van der Waals surface area contributed by atoms with Crippen molar-refractivity contribution in [1.82, 2.24) is 0 Å². The van der Waals surface area contributed by atoms with Crippen LogP contribution in [0.4, 0.5) is 0 Å². The fourth-order valence-corrected chi connectivity index (χ4v) is 2.40. The number of benzene rings is 1. The summed E-state index contributed by atoms with van der Waals surface area (Å²) < 4.78 is 2.37. The summed E-state index contributed by atoms with van der Waals surface area (Å²) in [4.78, 5) is 2.18. The van der Waals surface area contributed by atoms with E-state index in [0.29, 0.717) is 0 Å². The summed E-state index contributed by atoms with van der Waals surface area (Å²) in [5.74, 6) is 0. The van der Waals surface area contributed by atoms with Gasteiger partial charge in [-0.05, 0) is 0 Å². The van der Waals surface area contributed by atoms with Crippen molar-refractivity contribution in [1.29, 1.82) is 5.26 Å². The van der Waals surface area contributed by atoms with Gasteiger partial charge in [0.05, 0.1) is 0 Å². The summed E-state index contributed by atoms with van der Waals surface area (Å²) >= 11 is 2.25. The summed E-state index contributed by atoms with van der Waals surface area (Å²) in [7, 11) is 0. The molecule has 0 spiro atoms. The molecule has 3 heteroatoms. The first-order valence-electron chi connectivity index (χ1n) is 2.65. The quantitative estimate of drug-likeness (QED) is 0.563. The Kier molecular flexibility index (Phi) is 3.20. The van der Waals surface area contributed by atoms with Crippen LogP contribution in [0.3, 0.4) is 0 Å². The van der Waals surface area contributed by atoms with Gasteiger partial charge in [-0.3, -0.25) is 0 Å². The van der Waals surface area contributed by atoms with E-state index in [1.54, 1.807) is 0 Å². The van der Waals surface area contributed by atoms with Crippen LogP contribution < -0.4 is 4.46 Å². The Hall–Kier alpha value is -0.0405. The third-order valence-electron chi connectivity index (χ3n) is 0.992. The Morgan fingerprint density at radius 1 is 1.40 bits per heavy atom. The van der Waals surface area contributed by atoms with Gasteiger partial charge in [0.25, 0.3) is 0 Å². The molecule has 0 aromatic heterocycles. The molecule has 1 nitrogen and oxygen atoms in total. The Morgan fingerprint density at radius 2 is 2.10 bits per heavy atom. The Labute approximate surface area is 79.7 Å². The summed E-state index contributed by atoms with van der Waals surface area (Å²) in [5.41, 5.74) is 0. The first-order valence-corrected chi connectivity index (χ1v) is 5.44. The maximum absolute atomic E-state index is 8.42. The van der Waals surface area contributed by atoms with Crippen molar-refractivity contribution in [2.75, 3.05) is 0 Å². The van der Waals surface area contributed by atoms with Crippen molar-refractivity contribution in [2.45, 2.75) is 0 Å². The molecule has 1 aromatic rings. The zero-order valence-corrected chi connectivity index (χ0v) is 8.91. The van der Waals surface area contributed by atoms with Gasteiger partial charge in [0, 0.05) is 0 Å². The second kappa shape index (κ2) is 3.97. The normalized spacial score (nSPS) is 8.80. The van der Waals surface area contributed by atoms with Gasteiger partial charge >= 0.3 is 80.1 Å². The molecule has 0 unspecified atom stereocenters. The first kappa shape index (κ1) is 8.06. The number of rotatable bonds is 1. The molecule has 0 aliphatic rings. The Morgan fingerprint density at radius 3 is 2.70 bits per heavy atom. The monoisotopic (exact) mass is 309 g/mol. The number of hydrogen-bond donors (Lipinski definition) is 0. The number of halogens is 1. The van der Waals surface area contributed by atoms with Crippen LogP contribution in [0.1, 0.15) is 0 Å². The maximum atomic E-state index is 8.42. The average molecular weight is 308 g/mol. The molecule has 0 fully saturated rings. The minimum absolute atomic E-state index is 0.00220. The van der Waals surface area contributed by atoms with E-state index in [1.165, 1.54) is 8.03 Å². The van der Waals surface area contributed by atoms with Crippen molar-refractivity contribution >= 4 is 42.0 Å². The number of hydrogen-bond acceptors (Lipinski definition) is 1. The molecule has 0 radical (unpaired) electrons. The minimum atomic E-state index is -0.00220. The van der Waals surface area contributed by atoms with Gasteiger partial charge in [0.1, 0.15) is 0 Å². The second-order valence-corrected chi connectivity index (χ2v) is 4.52. The molecule has 1 rings (SSSR count). The third kappa shape index (κ3) is 1.98. The predicted octanol–water partition coefficient (Wildman–Crippen LogP) is 1.10. The molecule has 0 aliphatic heterocycles. The van der Waals surface area contributed by atoms with Gasteiger partial charge < -0.3 is 0 Å². The summed E-state index contributed by atoms with van der Waals surface area (Å²) in [6, 6.07) is 7.98. The van der Waals surface area contributed by atoms with E-state index < -0.39 is 0 Å². The van der Waals surface area contributed by atoms with Gasteiger partial charge in [-0.2, -0.15) is 0 Å². The van der Waals surface area contributed by atoms with E-state index >= 15 is 0 Å². The van der Waals surface area contributed by atoms with Gasteiger partial charge in [0.15, 0.2) is 0 Å². The molecule has 0 atom stereocenters. The van der Waals surface area contributed by atoms with Gasteiger partial charge in [0.2, 0.25) is 0 Å². The van der Waals surface area contributed by atoms with Crippen LogP contribution in [0.2, 0.25) is 0 Å². The molecule has 0 N–H and O–H groups in total. The van der Waals surface area contributed by atoms with Crippen LogP contribution in [0, 0.1) is 13.8 Å². The third-order valence-corrected chi connectivity index (χ3v) is 4.15. The van der Waals surface area contributed by atoms with Gasteiger partial charge in [-0.25, -0.2) is 0 Å². The zero-order chi connectivity index (χ0) is 7.40. The van der Waals surface area contributed by atoms with E-state index in [1.807, 2.05) is 24.3 Å². The topological polar surface area (TPSA) is 23.8 Å². The van der Waals surface area contributed by atoms with Crippen molar-refractivity contribution in [3.8, 4) is 4.97 Å². The molecule has 1 aromatic carbocycles. The molecule has 0 heterocycles. The van der Waals surface area contributed by atoms with Crippen LogP contribution >= 0.6 is 22.6 Å². The van der Waals surface area contributed by atoms with Crippen molar-refractivity contribution in [2.24, 2.45) is 0 Å². The molecule has 10 heavy (non-hydrogen) atoms. The molecule has 0 bridgehead atoms. The van der Waals surface area contributed by atoms with Gasteiger partial charge in [-0.1, -0.05) is 0 Å². The average Bonchev–Trinajstić information content (AvgIpc) is 1.94. The first-order chi connectivity index (χ1) is 4.84. The number of nitriles is 1. The molecular formula is C7H4INSe. The molecule has 50 valence electrons. The second-order valence-electron chi connectivity index (χ2n) is 1.62. The van der Waals surface area contributed by atoms with Crippen LogP contribution in [-0.2, 0) is 0 Å². The summed E-state index contributed by atoms with van der Waals surface area (Å²) in [5, 5.41) is 8.42. The summed E-state index contributed by atoms with van der Waals surface area (Å²) in [6.07, 6.45) is 0. The van der Waals surface area contributed by atoms with Gasteiger partial charge in [-0.15, -0.1) is 0 Å². The van der Waals surface area contributed by atoms with E-state index in [0.717, 1.165) is 0 Å². The standard InChI is InChI=1S/C7H4INSe/c8-6-3-1-2-4-7(6)10-5-9/h1-4H. The van der Waals surface area contributed by atoms with E-state index in [2.05, 4.69) is 27.6 Å². The van der Waals surface area contributed by atoms with E-state index in [4.69, 9.17) is 5.26 Å². The molecule has 0 saturated heterocycles. The molecule has 0 amide bonds. The van der Waals surface area contributed by atoms with Crippen LogP contribution in [-0.4, -0.2) is 15.0 Å². The summed E-state index contributed by atoms with van der Waals surface area (Å²) in [6.45, 7) is 0. The van der Waals surface area contributed by atoms with Crippen molar-refractivity contribution < 1.29 is 0 Å². The van der Waals surface area contributed by atoms with Crippen LogP contribution in [0.5, 0.6) is 0 Å². The number of nitrogens with zero attached hydrogens (tertiary/aromatic N) is 1. The Bertz CT molecular complexity index is 267. The van der Waals surface area contributed by atoms with Crippen molar-refractivity contribution in [3.05, 3.63) is 27.8 Å². The molecule has 0 aliphatic carbocycles. The fourth-order valence-electron chi connectivity index (χ4n) is 0.577. The Balaban J connectivity index is 2.94.